The first-order valence-electron chi connectivity index (χ1n) is 11.1. The van der Waals surface area contributed by atoms with E-state index < -0.39 is 5.97 Å². The van der Waals surface area contributed by atoms with Crippen LogP contribution in [-0.2, 0) is 4.79 Å². The fourth-order valence-corrected chi connectivity index (χ4v) is 3.61. The van der Waals surface area contributed by atoms with Gasteiger partial charge in [0.15, 0.2) is 0 Å². The third kappa shape index (κ3) is 5.53. The van der Waals surface area contributed by atoms with Crippen molar-refractivity contribution >= 4 is 28.8 Å². The number of hydrogen-bond acceptors (Lipinski definition) is 5. The third-order valence-corrected chi connectivity index (χ3v) is 5.33. The molecule has 2 N–H and O–H groups in total. The number of aliphatic carboxylic acids is 1. The molecule has 0 atom stereocenters. The molecule has 7 heteroatoms. The number of carboxylic acid groups (broad SMARTS) is 1. The van der Waals surface area contributed by atoms with Gasteiger partial charge in [0.2, 0.25) is 0 Å². The van der Waals surface area contributed by atoms with Crippen molar-refractivity contribution in [1.82, 2.24) is 4.98 Å². The molecule has 1 heterocycles. The van der Waals surface area contributed by atoms with Crippen molar-refractivity contribution in [2.75, 3.05) is 12.4 Å². The van der Waals surface area contributed by atoms with E-state index in [1.165, 1.54) is 13.3 Å². The fraction of sp³-hybridized carbons (Fsp3) is 0.0345. The number of nitrogens with one attached hydrogen (secondary N) is 1. The largest absolute Gasteiger partial charge is 0.496 e. The standard InChI is InChI=1S/C29H23N3O4/c1-36-26-17-8-6-13-21(26)23(29(34)35)19-31-27(20-11-3-2-4-12-20)22-14-5-7-15-24(22)32-28(33)25-16-9-10-18-30-25/h2-19H,1H3,(H,32,33)(H,34,35)/b23-19-,31-27?. The summed E-state index contributed by atoms with van der Waals surface area (Å²) in [6, 6.07) is 28.5. The predicted octanol–water partition coefficient (Wildman–Crippen LogP) is 5.31. The van der Waals surface area contributed by atoms with E-state index in [-0.39, 0.29) is 17.2 Å². The normalized spacial score (nSPS) is 11.6. The minimum atomic E-state index is -1.15. The molecule has 4 aromatic rings. The molecule has 36 heavy (non-hydrogen) atoms. The molecule has 1 aromatic heterocycles. The van der Waals surface area contributed by atoms with Crippen LogP contribution in [0, 0.1) is 0 Å². The first-order chi connectivity index (χ1) is 17.6. The number of rotatable bonds is 8. The van der Waals surface area contributed by atoms with Crippen LogP contribution in [0.2, 0.25) is 0 Å². The Morgan fingerprint density at radius 2 is 1.53 bits per heavy atom. The van der Waals surface area contributed by atoms with Crippen LogP contribution in [0.4, 0.5) is 5.69 Å². The lowest BCUT2D eigenvalue weighted by molar-refractivity contribution is -0.130. The van der Waals surface area contributed by atoms with Gasteiger partial charge in [0.1, 0.15) is 11.4 Å². The molecule has 3 aromatic carbocycles. The van der Waals surface area contributed by atoms with E-state index in [0.29, 0.717) is 28.3 Å². The van der Waals surface area contributed by atoms with Crippen LogP contribution in [-0.4, -0.2) is 34.8 Å². The number of carbonyl (C=O) groups excluding carboxylic acids is 1. The molecule has 4 rings (SSSR count). The zero-order chi connectivity index (χ0) is 25.3. The van der Waals surface area contributed by atoms with Gasteiger partial charge >= 0.3 is 5.97 Å². The number of methoxy groups -OCH3 is 1. The van der Waals surface area contributed by atoms with E-state index in [9.17, 15) is 14.7 Å². The van der Waals surface area contributed by atoms with Crippen molar-refractivity contribution in [2.45, 2.75) is 0 Å². The van der Waals surface area contributed by atoms with E-state index in [1.54, 1.807) is 60.8 Å². The van der Waals surface area contributed by atoms with Gasteiger partial charge in [0.05, 0.1) is 24.1 Å². The number of aliphatic imine (C=N–C) groups is 1. The molecule has 0 saturated heterocycles. The SMILES string of the molecule is COc1ccccc1/C(=C/N=C(c1ccccc1)c1ccccc1NC(=O)c1ccccn1)C(=O)O. The number of para-hydroxylation sites is 2. The Labute approximate surface area is 208 Å². The van der Waals surface area contributed by atoms with Crippen LogP contribution in [0.1, 0.15) is 27.2 Å². The Balaban J connectivity index is 1.83. The zero-order valence-electron chi connectivity index (χ0n) is 19.5. The van der Waals surface area contributed by atoms with Crippen LogP contribution in [0.25, 0.3) is 5.57 Å². The molecule has 0 bridgehead atoms. The molecule has 0 saturated carbocycles. The Hall–Kier alpha value is -5.04. The van der Waals surface area contributed by atoms with Crippen molar-refractivity contribution in [3.8, 4) is 5.75 Å². The number of carboxylic acids is 1. The minimum Gasteiger partial charge on any atom is -0.496 e. The second-order valence-electron chi connectivity index (χ2n) is 7.61. The number of anilines is 1. The summed E-state index contributed by atoms with van der Waals surface area (Å²) in [4.78, 5) is 33.7. The molecule has 0 aliphatic rings. The number of pyridine rings is 1. The second-order valence-corrected chi connectivity index (χ2v) is 7.61. The van der Waals surface area contributed by atoms with Crippen LogP contribution in [0.15, 0.2) is 114 Å². The number of aromatic nitrogens is 1. The predicted molar refractivity (Wildman–Crippen MR) is 139 cm³/mol. The molecule has 0 aliphatic heterocycles. The summed E-state index contributed by atoms with van der Waals surface area (Å²) in [5.41, 5.74) is 3.01. The van der Waals surface area contributed by atoms with Crippen molar-refractivity contribution in [3.63, 3.8) is 0 Å². The summed E-state index contributed by atoms with van der Waals surface area (Å²) in [5, 5.41) is 12.8. The molecule has 0 fully saturated rings. The lowest BCUT2D eigenvalue weighted by atomic mass is 10.00. The minimum absolute atomic E-state index is 0.0316. The average molecular weight is 478 g/mol. The molecule has 7 nitrogen and oxygen atoms in total. The number of ether oxygens (including phenoxy) is 1. The van der Waals surface area contributed by atoms with Gasteiger partial charge in [-0.25, -0.2) is 4.79 Å². The van der Waals surface area contributed by atoms with Gasteiger partial charge in [0, 0.05) is 29.1 Å². The van der Waals surface area contributed by atoms with E-state index in [0.717, 1.165) is 5.56 Å². The van der Waals surface area contributed by atoms with Gasteiger partial charge in [-0.2, -0.15) is 0 Å². The number of amides is 1. The molecule has 1 amide bonds. The molecule has 0 aliphatic carbocycles. The summed E-state index contributed by atoms with van der Waals surface area (Å²) < 4.78 is 5.35. The van der Waals surface area contributed by atoms with E-state index in [2.05, 4.69) is 15.3 Å². The molecule has 0 radical (unpaired) electrons. The first-order valence-corrected chi connectivity index (χ1v) is 11.1. The number of nitrogens with zero attached hydrogens (tertiary/aromatic N) is 2. The van der Waals surface area contributed by atoms with Gasteiger partial charge in [-0.3, -0.25) is 14.8 Å². The Morgan fingerprint density at radius 3 is 2.22 bits per heavy atom. The molecule has 0 unspecified atom stereocenters. The molecular weight excluding hydrogens is 454 g/mol. The number of hydrogen-bond donors (Lipinski definition) is 2. The average Bonchev–Trinajstić information content (AvgIpc) is 2.92. The Morgan fingerprint density at radius 1 is 0.861 bits per heavy atom. The maximum Gasteiger partial charge on any atom is 0.338 e. The quantitative estimate of drug-likeness (QED) is 0.265. The Bertz CT molecular complexity index is 1430. The lowest BCUT2D eigenvalue weighted by Gasteiger charge is -2.14. The number of benzene rings is 3. The van der Waals surface area contributed by atoms with Gasteiger partial charge in [-0.05, 0) is 24.3 Å². The highest BCUT2D eigenvalue weighted by Crippen LogP contribution is 2.27. The first kappa shape index (κ1) is 24.1. The van der Waals surface area contributed by atoms with Crippen molar-refractivity contribution in [1.29, 1.82) is 0 Å². The van der Waals surface area contributed by atoms with Crippen molar-refractivity contribution in [2.24, 2.45) is 4.99 Å². The van der Waals surface area contributed by atoms with Crippen molar-refractivity contribution < 1.29 is 19.4 Å². The van der Waals surface area contributed by atoms with Crippen molar-refractivity contribution in [3.05, 3.63) is 132 Å². The smallest absolute Gasteiger partial charge is 0.338 e. The van der Waals surface area contributed by atoms with Gasteiger partial charge < -0.3 is 15.2 Å². The number of carbonyl (C=O) groups is 2. The summed E-state index contributed by atoms with van der Waals surface area (Å²) in [7, 11) is 1.48. The van der Waals surface area contributed by atoms with Gasteiger partial charge in [-0.15, -0.1) is 0 Å². The highest BCUT2D eigenvalue weighted by molar-refractivity contribution is 6.20. The molecule has 0 spiro atoms. The summed E-state index contributed by atoms with van der Waals surface area (Å²) in [5.74, 6) is -1.09. The molecular formula is C29H23N3O4. The second kappa shape index (κ2) is 11.4. The highest BCUT2D eigenvalue weighted by atomic mass is 16.5. The highest BCUT2D eigenvalue weighted by Gasteiger charge is 2.17. The van der Waals surface area contributed by atoms with Crippen LogP contribution in [0.3, 0.4) is 0 Å². The lowest BCUT2D eigenvalue weighted by Crippen LogP contribution is -2.16. The maximum absolute atomic E-state index is 12.8. The van der Waals surface area contributed by atoms with E-state index in [4.69, 9.17) is 4.74 Å². The topological polar surface area (TPSA) is 101 Å². The Kier molecular flexibility index (Phi) is 7.63. The monoisotopic (exact) mass is 477 g/mol. The van der Waals surface area contributed by atoms with Gasteiger partial charge in [0.25, 0.3) is 5.91 Å². The van der Waals surface area contributed by atoms with Gasteiger partial charge in [-0.1, -0.05) is 72.8 Å². The molecule has 178 valence electrons. The maximum atomic E-state index is 12.8. The van der Waals surface area contributed by atoms with Crippen LogP contribution in [0.5, 0.6) is 5.75 Å². The fourth-order valence-electron chi connectivity index (χ4n) is 3.61. The third-order valence-electron chi connectivity index (χ3n) is 5.33. The zero-order valence-corrected chi connectivity index (χ0v) is 19.5. The summed E-state index contributed by atoms with van der Waals surface area (Å²) in [6.45, 7) is 0. The van der Waals surface area contributed by atoms with E-state index >= 15 is 0 Å². The van der Waals surface area contributed by atoms with Crippen LogP contribution < -0.4 is 10.1 Å². The van der Waals surface area contributed by atoms with E-state index in [1.807, 2.05) is 42.5 Å². The van der Waals surface area contributed by atoms with Crippen LogP contribution >= 0.6 is 0 Å². The summed E-state index contributed by atoms with van der Waals surface area (Å²) >= 11 is 0. The summed E-state index contributed by atoms with van der Waals surface area (Å²) in [6.07, 6.45) is 2.85.